The molecule has 0 atom stereocenters. The molecule has 3 aromatic rings. The molecule has 1 heterocycles. The molecular formula is C18H18N4. The first-order valence-electron chi connectivity index (χ1n) is 7.68. The molecule has 0 spiro atoms. The molecular weight excluding hydrogens is 272 g/mol. The van der Waals surface area contributed by atoms with E-state index in [0.29, 0.717) is 0 Å². The van der Waals surface area contributed by atoms with E-state index in [1.165, 1.54) is 24.0 Å². The summed E-state index contributed by atoms with van der Waals surface area (Å²) in [6, 6.07) is 17.0. The molecule has 1 N–H and O–H groups in total. The SMILES string of the molecule is c1cc(NCc2ccccc2C2CC2)cc(-n2ccnn2)c1. The van der Waals surface area contributed by atoms with E-state index in [1.54, 1.807) is 10.9 Å². The van der Waals surface area contributed by atoms with E-state index in [0.717, 1.165) is 23.8 Å². The number of nitrogens with zero attached hydrogens (tertiary/aromatic N) is 3. The third-order valence-corrected chi connectivity index (χ3v) is 4.09. The Morgan fingerprint density at radius 1 is 1.09 bits per heavy atom. The van der Waals surface area contributed by atoms with Crippen molar-refractivity contribution in [2.24, 2.45) is 0 Å². The van der Waals surface area contributed by atoms with E-state index in [1.807, 2.05) is 18.3 Å². The number of hydrogen-bond donors (Lipinski definition) is 1. The molecule has 1 aliphatic carbocycles. The lowest BCUT2D eigenvalue weighted by Gasteiger charge is -2.12. The first kappa shape index (κ1) is 13.1. The van der Waals surface area contributed by atoms with Crippen molar-refractivity contribution in [1.82, 2.24) is 15.0 Å². The Kier molecular flexibility index (Phi) is 3.35. The van der Waals surface area contributed by atoms with Crippen LogP contribution in [0.15, 0.2) is 60.9 Å². The second kappa shape index (κ2) is 5.64. The van der Waals surface area contributed by atoms with Crippen LogP contribution in [0.2, 0.25) is 0 Å². The minimum atomic E-state index is 0.777. The highest BCUT2D eigenvalue weighted by Crippen LogP contribution is 2.41. The highest BCUT2D eigenvalue weighted by Gasteiger charge is 2.25. The minimum absolute atomic E-state index is 0.777. The van der Waals surface area contributed by atoms with Crippen LogP contribution < -0.4 is 5.32 Å². The van der Waals surface area contributed by atoms with Crippen molar-refractivity contribution in [3.8, 4) is 5.69 Å². The fraction of sp³-hybridized carbons (Fsp3) is 0.222. The van der Waals surface area contributed by atoms with Gasteiger partial charge in [0.2, 0.25) is 0 Å². The Hall–Kier alpha value is -2.62. The summed E-state index contributed by atoms with van der Waals surface area (Å²) in [7, 11) is 0. The summed E-state index contributed by atoms with van der Waals surface area (Å²) in [6.07, 6.45) is 6.20. The number of hydrogen-bond acceptors (Lipinski definition) is 3. The fourth-order valence-corrected chi connectivity index (χ4v) is 2.79. The van der Waals surface area contributed by atoms with E-state index in [9.17, 15) is 0 Å². The van der Waals surface area contributed by atoms with Crippen molar-refractivity contribution in [2.45, 2.75) is 25.3 Å². The van der Waals surface area contributed by atoms with Gasteiger partial charge in [0.1, 0.15) is 0 Å². The molecule has 22 heavy (non-hydrogen) atoms. The van der Waals surface area contributed by atoms with Crippen molar-refractivity contribution in [3.05, 3.63) is 72.1 Å². The van der Waals surface area contributed by atoms with Crippen LogP contribution in [0.25, 0.3) is 5.69 Å². The van der Waals surface area contributed by atoms with Gasteiger partial charge in [-0.1, -0.05) is 35.5 Å². The van der Waals surface area contributed by atoms with E-state index >= 15 is 0 Å². The maximum absolute atomic E-state index is 4.03. The first-order chi connectivity index (χ1) is 10.9. The maximum atomic E-state index is 4.03. The minimum Gasteiger partial charge on any atom is -0.381 e. The van der Waals surface area contributed by atoms with E-state index < -0.39 is 0 Å². The average Bonchev–Trinajstić information content (AvgIpc) is 3.27. The molecule has 110 valence electrons. The van der Waals surface area contributed by atoms with E-state index in [-0.39, 0.29) is 0 Å². The summed E-state index contributed by atoms with van der Waals surface area (Å²) in [6.45, 7) is 0.855. The summed E-state index contributed by atoms with van der Waals surface area (Å²) in [5.74, 6) is 0.777. The number of nitrogens with one attached hydrogen (secondary N) is 1. The van der Waals surface area contributed by atoms with Crippen molar-refractivity contribution >= 4 is 5.69 Å². The van der Waals surface area contributed by atoms with Gasteiger partial charge in [0, 0.05) is 12.2 Å². The Morgan fingerprint density at radius 2 is 2.00 bits per heavy atom. The quantitative estimate of drug-likeness (QED) is 0.778. The van der Waals surface area contributed by atoms with Gasteiger partial charge < -0.3 is 5.32 Å². The van der Waals surface area contributed by atoms with Gasteiger partial charge in [-0.3, -0.25) is 0 Å². The molecule has 0 aliphatic heterocycles. The predicted octanol–water partition coefficient (Wildman–Crippen LogP) is 3.76. The number of aromatic nitrogens is 3. The molecule has 1 aromatic heterocycles. The third-order valence-electron chi connectivity index (χ3n) is 4.09. The van der Waals surface area contributed by atoms with Gasteiger partial charge in [0.25, 0.3) is 0 Å². The molecule has 0 amide bonds. The molecule has 4 rings (SSSR count). The average molecular weight is 290 g/mol. The van der Waals surface area contributed by atoms with Crippen molar-refractivity contribution in [2.75, 3.05) is 5.32 Å². The zero-order valence-electron chi connectivity index (χ0n) is 12.3. The summed E-state index contributed by atoms with van der Waals surface area (Å²) >= 11 is 0. The second-order valence-corrected chi connectivity index (χ2v) is 5.72. The Balaban J connectivity index is 1.51. The van der Waals surface area contributed by atoms with E-state index in [2.05, 4.69) is 52.0 Å². The van der Waals surface area contributed by atoms with Gasteiger partial charge in [-0.15, -0.1) is 5.10 Å². The Labute approximate surface area is 129 Å². The molecule has 2 aromatic carbocycles. The predicted molar refractivity (Wildman–Crippen MR) is 87.1 cm³/mol. The lowest BCUT2D eigenvalue weighted by molar-refractivity contribution is 0.803. The van der Waals surface area contributed by atoms with Crippen molar-refractivity contribution in [1.29, 1.82) is 0 Å². The maximum Gasteiger partial charge on any atom is 0.0697 e. The number of rotatable bonds is 5. The third kappa shape index (κ3) is 2.72. The van der Waals surface area contributed by atoms with Gasteiger partial charge in [-0.25, -0.2) is 4.68 Å². The highest BCUT2D eigenvalue weighted by atomic mass is 15.4. The molecule has 0 unspecified atom stereocenters. The lowest BCUT2D eigenvalue weighted by atomic mass is 10.0. The molecule has 4 heteroatoms. The molecule has 0 radical (unpaired) electrons. The zero-order valence-corrected chi connectivity index (χ0v) is 12.3. The molecule has 1 fully saturated rings. The van der Waals surface area contributed by atoms with Crippen LogP contribution in [0, 0.1) is 0 Å². The second-order valence-electron chi connectivity index (χ2n) is 5.72. The summed E-state index contributed by atoms with van der Waals surface area (Å²) in [5, 5.41) is 11.4. The monoisotopic (exact) mass is 290 g/mol. The van der Waals surface area contributed by atoms with Crippen molar-refractivity contribution in [3.63, 3.8) is 0 Å². The van der Waals surface area contributed by atoms with Crippen LogP contribution in [0.1, 0.15) is 29.9 Å². The Morgan fingerprint density at radius 3 is 2.82 bits per heavy atom. The fourth-order valence-electron chi connectivity index (χ4n) is 2.79. The van der Waals surface area contributed by atoms with Crippen LogP contribution in [0.4, 0.5) is 5.69 Å². The van der Waals surface area contributed by atoms with Crippen LogP contribution in [0.3, 0.4) is 0 Å². The first-order valence-corrected chi connectivity index (χ1v) is 7.68. The smallest absolute Gasteiger partial charge is 0.0697 e. The zero-order chi connectivity index (χ0) is 14.8. The van der Waals surface area contributed by atoms with Crippen LogP contribution in [-0.2, 0) is 6.54 Å². The van der Waals surface area contributed by atoms with Gasteiger partial charge in [0.15, 0.2) is 0 Å². The van der Waals surface area contributed by atoms with Crippen LogP contribution >= 0.6 is 0 Å². The normalized spacial score (nSPS) is 14.0. The van der Waals surface area contributed by atoms with Gasteiger partial charge in [-0.2, -0.15) is 0 Å². The summed E-state index contributed by atoms with van der Waals surface area (Å²) < 4.78 is 1.77. The highest BCUT2D eigenvalue weighted by molar-refractivity contribution is 5.51. The van der Waals surface area contributed by atoms with Gasteiger partial charge in [0.05, 0.1) is 18.1 Å². The summed E-state index contributed by atoms with van der Waals surface area (Å²) in [4.78, 5) is 0. The van der Waals surface area contributed by atoms with Gasteiger partial charge in [-0.05, 0) is 48.1 Å². The largest absolute Gasteiger partial charge is 0.381 e. The molecule has 4 nitrogen and oxygen atoms in total. The van der Waals surface area contributed by atoms with E-state index in [4.69, 9.17) is 0 Å². The topological polar surface area (TPSA) is 42.7 Å². The van der Waals surface area contributed by atoms with Gasteiger partial charge >= 0.3 is 0 Å². The Bertz CT molecular complexity index is 760. The lowest BCUT2D eigenvalue weighted by Crippen LogP contribution is -2.03. The molecule has 1 aliphatic rings. The van der Waals surface area contributed by atoms with Crippen molar-refractivity contribution < 1.29 is 0 Å². The van der Waals surface area contributed by atoms with Crippen LogP contribution in [-0.4, -0.2) is 15.0 Å². The molecule has 0 bridgehead atoms. The molecule has 1 saturated carbocycles. The number of benzene rings is 2. The molecule has 0 saturated heterocycles. The number of anilines is 1. The summed E-state index contributed by atoms with van der Waals surface area (Å²) in [5.41, 5.74) is 5.01. The standard InChI is InChI=1S/C18H18N4/c1-2-7-18(14-8-9-14)15(4-1)13-19-16-5-3-6-17(12-16)22-11-10-20-21-22/h1-7,10-12,14,19H,8-9,13H2. The van der Waals surface area contributed by atoms with Crippen LogP contribution in [0.5, 0.6) is 0 Å².